The van der Waals surface area contributed by atoms with Crippen LogP contribution in [0.5, 0.6) is 0 Å². The number of nitrogens with zero attached hydrogens (tertiary/aromatic N) is 2. The number of aromatic nitrogens is 2. The lowest BCUT2D eigenvalue weighted by Gasteiger charge is -2.21. The topological polar surface area (TPSA) is 16.8 Å². The summed E-state index contributed by atoms with van der Waals surface area (Å²) in [5.74, 6) is 1.79. The van der Waals surface area contributed by atoms with E-state index in [9.17, 15) is 0 Å². The number of fused-ring (bicyclic) bond motifs is 1. The molecular weight excluding hydrogens is 340 g/mol. The smallest absolute Gasteiger partial charge is 0.232 e. The Kier molecular flexibility index (Phi) is 4.77. The predicted molar refractivity (Wildman–Crippen MR) is 118 cm³/mol. The molecule has 1 heterocycles. The summed E-state index contributed by atoms with van der Waals surface area (Å²) < 4.78 is 2.20. The van der Waals surface area contributed by atoms with Crippen LogP contribution in [0.4, 0.5) is 0 Å². The molecule has 1 saturated carbocycles. The number of rotatable bonds is 2. The van der Waals surface area contributed by atoms with Gasteiger partial charge in [-0.2, -0.15) is 0 Å². The highest BCUT2D eigenvalue weighted by molar-refractivity contribution is 5.79. The molecule has 3 aromatic rings. The Morgan fingerprint density at radius 3 is 2.39 bits per heavy atom. The summed E-state index contributed by atoms with van der Waals surface area (Å²) in [5, 5.41) is 1.25. The molecule has 0 bridgehead atoms. The van der Waals surface area contributed by atoms with Crippen LogP contribution in [-0.2, 0) is 12.5 Å². The maximum absolute atomic E-state index is 5.10. The second kappa shape index (κ2) is 6.99. The molecule has 0 amide bonds. The van der Waals surface area contributed by atoms with Gasteiger partial charge in [0.15, 0.2) is 5.52 Å². The van der Waals surface area contributed by atoms with Crippen LogP contribution in [0.3, 0.4) is 0 Å². The van der Waals surface area contributed by atoms with Crippen molar-refractivity contribution >= 4 is 10.9 Å². The Balaban J connectivity index is 1.84. The van der Waals surface area contributed by atoms with Gasteiger partial charge in [-0.05, 0) is 83.5 Å². The third-order valence-corrected chi connectivity index (χ3v) is 6.55. The van der Waals surface area contributed by atoms with E-state index < -0.39 is 0 Å². The zero-order valence-electron chi connectivity index (χ0n) is 18.3. The molecule has 1 fully saturated rings. The van der Waals surface area contributed by atoms with E-state index in [1.165, 1.54) is 58.9 Å². The average Bonchev–Trinajstić information content (AvgIpc) is 3.17. The van der Waals surface area contributed by atoms with E-state index in [0.29, 0.717) is 0 Å². The predicted octanol–water partition coefficient (Wildman–Crippen LogP) is 6.30. The van der Waals surface area contributed by atoms with Crippen LogP contribution < -0.4 is 4.57 Å². The third kappa shape index (κ3) is 3.45. The van der Waals surface area contributed by atoms with Crippen molar-refractivity contribution in [2.75, 3.05) is 0 Å². The molecule has 146 valence electrons. The summed E-state index contributed by atoms with van der Waals surface area (Å²) in [4.78, 5) is 5.10. The highest BCUT2D eigenvalue weighted by Crippen LogP contribution is 2.35. The first-order valence-electron chi connectivity index (χ1n) is 10.7. The molecule has 0 spiro atoms. The number of hydrogen-bond acceptors (Lipinski definition) is 1. The fourth-order valence-electron chi connectivity index (χ4n) is 4.53. The van der Waals surface area contributed by atoms with E-state index in [0.717, 1.165) is 17.3 Å². The van der Waals surface area contributed by atoms with Gasteiger partial charge in [0.2, 0.25) is 0 Å². The van der Waals surface area contributed by atoms with Gasteiger partial charge in [0.25, 0.3) is 0 Å². The first-order valence-corrected chi connectivity index (χ1v) is 10.7. The fourth-order valence-corrected chi connectivity index (χ4v) is 4.53. The maximum Gasteiger partial charge on any atom is 0.331 e. The van der Waals surface area contributed by atoms with Crippen molar-refractivity contribution in [2.45, 2.75) is 71.6 Å². The number of hydrogen-bond donors (Lipinski definition) is 0. The second-order valence-electron chi connectivity index (χ2n) is 9.69. The molecule has 0 radical (unpaired) electrons. The van der Waals surface area contributed by atoms with E-state index >= 15 is 0 Å². The van der Waals surface area contributed by atoms with Crippen LogP contribution in [-0.4, -0.2) is 4.98 Å². The normalized spacial score (nSPS) is 15.5. The molecule has 1 aliphatic carbocycles. The molecule has 2 nitrogen and oxygen atoms in total. The van der Waals surface area contributed by atoms with Gasteiger partial charge in [-0.25, -0.2) is 4.57 Å². The summed E-state index contributed by atoms with van der Waals surface area (Å²) in [7, 11) is 2.13. The van der Waals surface area contributed by atoms with Crippen LogP contribution in [0.25, 0.3) is 22.3 Å². The zero-order valence-corrected chi connectivity index (χ0v) is 18.3. The van der Waals surface area contributed by atoms with E-state index in [-0.39, 0.29) is 5.41 Å². The lowest BCUT2D eigenvalue weighted by Crippen LogP contribution is -2.32. The van der Waals surface area contributed by atoms with Crippen molar-refractivity contribution in [3.8, 4) is 11.4 Å². The van der Waals surface area contributed by atoms with Crippen molar-refractivity contribution in [2.24, 2.45) is 7.05 Å². The molecule has 4 rings (SSSR count). The Hall–Kier alpha value is -2.22. The summed E-state index contributed by atoms with van der Waals surface area (Å²) in [6.45, 7) is 11.3. The molecule has 1 aliphatic rings. The first kappa shape index (κ1) is 19.1. The van der Waals surface area contributed by atoms with Gasteiger partial charge in [0.1, 0.15) is 6.20 Å². The Morgan fingerprint density at radius 1 is 1.00 bits per heavy atom. The standard InChI is InChI=1S/C26H33N2/c1-17-13-22(26(3,4)5)15-23(18(17)2)25-27-24-12-11-20(19-9-7-8-10-19)14-21(24)16-28(25)6/h11-16,19H,7-10H2,1-6H3/q+1. The molecule has 2 heteroatoms. The summed E-state index contributed by atoms with van der Waals surface area (Å²) >= 11 is 0. The third-order valence-electron chi connectivity index (χ3n) is 6.55. The minimum atomic E-state index is 0.124. The van der Waals surface area contributed by atoms with Gasteiger partial charge in [-0.1, -0.05) is 45.7 Å². The van der Waals surface area contributed by atoms with Gasteiger partial charge >= 0.3 is 5.82 Å². The molecule has 0 atom stereocenters. The molecule has 1 aromatic heterocycles. The van der Waals surface area contributed by atoms with Crippen LogP contribution in [0.15, 0.2) is 36.5 Å². The van der Waals surface area contributed by atoms with Gasteiger partial charge in [0, 0.05) is 0 Å². The Morgan fingerprint density at radius 2 is 1.71 bits per heavy atom. The Bertz CT molecular complexity index is 1030. The highest BCUT2D eigenvalue weighted by atomic mass is 15.0. The summed E-state index contributed by atoms with van der Waals surface area (Å²) in [6.07, 6.45) is 7.67. The zero-order chi connectivity index (χ0) is 20.1. The Labute approximate surface area is 169 Å². The van der Waals surface area contributed by atoms with E-state index in [1.807, 2.05) is 0 Å². The van der Waals surface area contributed by atoms with Crippen molar-refractivity contribution in [1.82, 2.24) is 4.98 Å². The molecule has 2 aromatic carbocycles. The average molecular weight is 374 g/mol. The van der Waals surface area contributed by atoms with Crippen molar-refractivity contribution in [3.05, 3.63) is 58.8 Å². The minimum absolute atomic E-state index is 0.124. The lowest BCUT2D eigenvalue weighted by atomic mass is 9.83. The SMILES string of the molecule is Cc1cc(C(C)(C)C)cc(-c2nc3ccc(C4CCCC4)cc3c[n+]2C)c1C. The molecular formula is C26H33N2+. The first-order chi connectivity index (χ1) is 13.2. The minimum Gasteiger partial charge on any atom is -0.232 e. The van der Waals surface area contributed by atoms with Gasteiger partial charge in [0.05, 0.1) is 18.0 Å². The molecule has 0 aliphatic heterocycles. The van der Waals surface area contributed by atoms with Crippen molar-refractivity contribution in [1.29, 1.82) is 0 Å². The second-order valence-corrected chi connectivity index (χ2v) is 9.69. The number of aryl methyl sites for hydroxylation is 2. The van der Waals surface area contributed by atoms with Crippen LogP contribution in [0, 0.1) is 13.8 Å². The van der Waals surface area contributed by atoms with Crippen molar-refractivity contribution < 1.29 is 4.57 Å². The summed E-state index contributed by atoms with van der Waals surface area (Å²) in [5.41, 5.74) is 7.96. The van der Waals surface area contributed by atoms with E-state index in [1.54, 1.807) is 0 Å². The van der Waals surface area contributed by atoms with Gasteiger partial charge < -0.3 is 0 Å². The molecule has 0 unspecified atom stereocenters. The maximum atomic E-state index is 5.10. The molecule has 0 saturated heterocycles. The van der Waals surface area contributed by atoms with Crippen LogP contribution in [0.2, 0.25) is 0 Å². The van der Waals surface area contributed by atoms with Crippen LogP contribution >= 0.6 is 0 Å². The molecule has 0 N–H and O–H groups in total. The van der Waals surface area contributed by atoms with Gasteiger partial charge in [-0.3, -0.25) is 0 Å². The van der Waals surface area contributed by atoms with Gasteiger partial charge in [-0.15, -0.1) is 0 Å². The highest BCUT2D eigenvalue weighted by Gasteiger charge is 2.24. The largest absolute Gasteiger partial charge is 0.331 e. The monoisotopic (exact) mass is 373 g/mol. The fraction of sp³-hybridized carbons (Fsp3) is 0.462. The molecule has 28 heavy (non-hydrogen) atoms. The summed E-state index contributed by atoms with van der Waals surface area (Å²) in [6, 6.07) is 11.6. The van der Waals surface area contributed by atoms with E-state index in [2.05, 4.69) is 82.8 Å². The van der Waals surface area contributed by atoms with Crippen LogP contribution in [0.1, 0.15) is 74.6 Å². The van der Waals surface area contributed by atoms with E-state index in [4.69, 9.17) is 4.98 Å². The number of benzene rings is 2. The quantitative estimate of drug-likeness (QED) is 0.482. The van der Waals surface area contributed by atoms with Crippen molar-refractivity contribution in [3.63, 3.8) is 0 Å². The lowest BCUT2D eigenvalue weighted by molar-refractivity contribution is -0.661.